The Bertz CT molecular complexity index is 334. The van der Waals surface area contributed by atoms with E-state index in [2.05, 4.69) is 68.9 Å². The van der Waals surface area contributed by atoms with Gasteiger partial charge in [0.05, 0.1) is 0 Å². The lowest BCUT2D eigenvalue weighted by Crippen LogP contribution is -2.37. The van der Waals surface area contributed by atoms with E-state index in [-0.39, 0.29) is 7.92 Å². The van der Waals surface area contributed by atoms with Gasteiger partial charge >= 0.3 is 0 Å². The van der Waals surface area contributed by atoms with E-state index in [1.807, 2.05) is 0 Å². The van der Waals surface area contributed by atoms with Crippen molar-refractivity contribution in [3.63, 3.8) is 0 Å². The molecule has 0 spiro atoms. The Hall–Kier alpha value is -0.430. The Kier molecular flexibility index (Phi) is 4.19. The van der Waals surface area contributed by atoms with Gasteiger partial charge < -0.3 is 0 Å². The average Bonchev–Trinajstić information content (AvgIpc) is 2.74. The number of benzene rings is 1. The van der Waals surface area contributed by atoms with Crippen molar-refractivity contribution in [1.29, 1.82) is 0 Å². The SMILES string of the molecule is CC(C)[C@H]1NN[C@H](C(C)C)P1c1ccccc1. The maximum absolute atomic E-state index is 3.51. The molecule has 0 radical (unpaired) electrons. The molecule has 2 atom stereocenters. The van der Waals surface area contributed by atoms with Gasteiger partial charge in [-0.2, -0.15) is 0 Å². The van der Waals surface area contributed by atoms with Gasteiger partial charge in [0, 0.05) is 11.6 Å². The molecule has 1 heterocycles. The molecule has 1 aliphatic rings. The minimum atomic E-state index is -0.168. The summed E-state index contributed by atoms with van der Waals surface area (Å²) in [6.45, 7) is 9.22. The molecule has 1 aliphatic heterocycles. The minimum absolute atomic E-state index is 0.168. The first-order chi connectivity index (χ1) is 8.11. The second kappa shape index (κ2) is 5.48. The Morgan fingerprint density at radius 2 is 1.35 bits per heavy atom. The van der Waals surface area contributed by atoms with Crippen LogP contribution in [0.1, 0.15) is 27.7 Å². The van der Waals surface area contributed by atoms with Crippen LogP contribution in [-0.4, -0.2) is 11.6 Å². The number of hydrogen-bond acceptors (Lipinski definition) is 2. The predicted octanol–water partition coefficient (Wildman–Crippen LogP) is 2.87. The highest BCUT2D eigenvalue weighted by molar-refractivity contribution is 7.67. The van der Waals surface area contributed by atoms with E-state index in [4.69, 9.17) is 0 Å². The third-order valence-corrected chi connectivity index (χ3v) is 6.84. The molecule has 94 valence electrons. The van der Waals surface area contributed by atoms with Crippen LogP contribution < -0.4 is 16.2 Å². The summed E-state index contributed by atoms with van der Waals surface area (Å²) >= 11 is 0. The molecule has 0 aliphatic carbocycles. The number of hydrazine groups is 1. The second-order valence-corrected chi connectivity index (χ2v) is 7.85. The first-order valence-corrected chi connectivity index (χ1v) is 7.93. The molecule has 2 rings (SSSR count). The van der Waals surface area contributed by atoms with E-state index >= 15 is 0 Å². The monoisotopic (exact) mass is 250 g/mol. The Balaban J connectivity index is 2.30. The van der Waals surface area contributed by atoms with Gasteiger partial charge in [-0.3, -0.25) is 0 Å². The summed E-state index contributed by atoms with van der Waals surface area (Å²) in [5, 5.41) is 1.51. The lowest BCUT2D eigenvalue weighted by Gasteiger charge is -2.28. The van der Waals surface area contributed by atoms with Crippen LogP contribution in [0.4, 0.5) is 0 Å². The normalized spacial score (nSPS) is 26.0. The Labute approximate surface area is 106 Å². The quantitative estimate of drug-likeness (QED) is 0.806. The third kappa shape index (κ3) is 2.70. The van der Waals surface area contributed by atoms with Gasteiger partial charge in [-0.1, -0.05) is 58.0 Å². The van der Waals surface area contributed by atoms with Crippen molar-refractivity contribution in [3.8, 4) is 0 Å². The maximum atomic E-state index is 3.51. The zero-order chi connectivity index (χ0) is 12.4. The van der Waals surface area contributed by atoms with Crippen LogP contribution in [0.25, 0.3) is 0 Å². The fourth-order valence-electron chi connectivity index (χ4n) is 2.38. The van der Waals surface area contributed by atoms with Crippen molar-refractivity contribution >= 4 is 13.2 Å². The number of rotatable bonds is 3. The van der Waals surface area contributed by atoms with Crippen molar-refractivity contribution < 1.29 is 0 Å². The van der Waals surface area contributed by atoms with Crippen LogP contribution >= 0.6 is 7.92 Å². The van der Waals surface area contributed by atoms with E-state index < -0.39 is 0 Å². The Morgan fingerprint density at radius 3 is 1.76 bits per heavy atom. The van der Waals surface area contributed by atoms with Gasteiger partial charge in [-0.15, -0.1) is 0 Å². The van der Waals surface area contributed by atoms with Crippen molar-refractivity contribution in [2.45, 2.75) is 39.3 Å². The lowest BCUT2D eigenvalue weighted by atomic mass is 10.2. The fourth-order valence-corrected chi connectivity index (χ4v) is 5.60. The zero-order valence-corrected chi connectivity index (χ0v) is 12.0. The highest BCUT2D eigenvalue weighted by Crippen LogP contribution is 2.51. The predicted molar refractivity (Wildman–Crippen MR) is 76.5 cm³/mol. The van der Waals surface area contributed by atoms with Gasteiger partial charge in [0.2, 0.25) is 0 Å². The van der Waals surface area contributed by atoms with E-state index in [9.17, 15) is 0 Å². The van der Waals surface area contributed by atoms with Crippen molar-refractivity contribution in [3.05, 3.63) is 30.3 Å². The Morgan fingerprint density at radius 1 is 0.882 bits per heavy atom. The van der Waals surface area contributed by atoms with E-state index in [1.54, 1.807) is 0 Å². The summed E-state index contributed by atoms with van der Waals surface area (Å²) in [7, 11) is -0.168. The van der Waals surface area contributed by atoms with Gasteiger partial charge in [0.1, 0.15) is 0 Å². The summed E-state index contributed by atoms with van der Waals surface area (Å²) < 4.78 is 0. The topological polar surface area (TPSA) is 24.1 Å². The van der Waals surface area contributed by atoms with E-state index in [1.165, 1.54) is 5.30 Å². The summed E-state index contributed by atoms with van der Waals surface area (Å²) in [6.07, 6.45) is 0. The molecular formula is C14H23N2P. The van der Waals surface area contributed by atoms with E-state index in [0.29, 0.717) is 23.4 Å². The molecule has 3 heteroatoms. The molecule has 0 amide bonds. The van der Waals surface area contributed by atoms with Crippen LogP contribution in [-0.2, 0) is 0 Å². The zero-order valence-electron chi connectivity index (χ0n) is 11.1. The van der Waals surface area contributed by atoms with Crippen molar-refractivity contribution in [2.75, 3.05) is 0 Å². The molecule has 1 aromatic rings. The van der Waals surface area contributed by atoms with Gasteiger partial charge in [-0.25, -0.2) is 10.9 Å². The summed E-state index contributed by atoms with van der Waals surface area (Å²) in [4.78, 5) is 0. The highest BCUT2D eigenvalue weighted by atomic mass is 31.1. The van der Waals surface area contributed by atoms with Gasteiger partial charge in [0.15, 0.2) is 0 Å². The van der Waals surface area contributed by atoms with Crippen LogP contribution in [0.5, 0.6) is 0 Å². The molecular weight excluding hydrogens is 227 g/mol. The number of hydrogen-bond donors (Lipinski definition) is 2. The largest absolute Gasteiger partial charge is 0.249 e. The van der Waals surface area contributed by atoms with Crippen molar-refractivity contribution in [2.24, 2.45) is 11.8 Å². The molecule has 1 saturated heterocycles. The van der Waals surface area contributed by atoms with Gasteiger partial charge in [0.25, 0.3) is 0 Å². The molecule has 0 saturated carbocycles. The third-order valence-electron chi connectivity index (χ3n) is 3.30. The summed E-state index contributed by atoms with van der Waals surface area (Å²) in [6, 6.07) is 11.0. The first kappa shape index (κ1) is 13.0. The second-order valence-electron chi connectivity index (χ2n) is 5.41. The molecule has 0 bridgehead atoms. The molecule has 2 nitrogen and oxygen atoms in total. The molecule has 0 aromatic heterocycles. The van der Waals surface area contributed by atoms with Crippen LogP contribution in [0.2, 0.25) is 0 Å². The fraction of sp³-hybridized carbons (Fsp3) is 0.571. The van der Waals surface area contributed by atoms with Crippen LogP contribution in [0.15, 0.2) is 30.3 Å². The van der Waals surface area contributed by atoms with Crippen molar-refractivity contribution in [1.82, 2.24) is 10.9 Å². The highest BCUT2D eigenvalue weighted by Gasteiger charge is 2.39. The minimum Gasteiger partial charge on any atom is -0.249 e. The molecule has 1 aromatic carbocycles. The van der Waals surface area contributed by atoms with Crippen LogP contribution in [0, 0.1) is 11.8 Å². The van der Waals surface area contributed by atoms with Crippen LogP contribution in [0.3, 0.4) is 0 Å². The summed E-state index contributed by atoms with van der Waals surface area (Å²) in [5.41, 5.74) is 7.03. The molecule has 2 N–H and O–H groups in total. The van der Waals surface area contributed by atoms with Gasteiger partial charge in [-0.05, 0) is 25.1 Å². The molecule has 1 fully saturated rings. The smallest absolute Gasteiger partial charge is 0.0489 e. The molecule has 17 heavy (non-hydrogen) atoms. The standard InChI is InChI=1S/C14H23N2P/c1-10(2)13-15-16-14(11(3)4)17(13)12-8-6-5-7-9-12/h5-11,13-16H,1-4H3/t13-,14-/m0/s1. The van der Waals surface area contributed by atoms with E-state index in [0.717, 1.165) is 0 Å². The lowest BCUT2D eigenvalue weighted by molar-refractivity contribution is 0.429. The summed E-state index contributed by atoms with van der Waals surface area (Å²) in [5.74, 6) is 2.50. The number of nitrogens with one attached hydrogen (secondary N) is 2. The first-order valence-electron chi connectivity index (χ1n) is 6.45. The maximum Gasteiger partial charge on any atom is 0.0489 e. The molecule has 0 unspecified atom stereocenters. The average molecular weight is 250 g/mol.